The second-order valence-corrected chi connectivity index (χ2v) is 3.06. The molecule has 0 aliphatic carbocycles. The fourth-order valence-corrected chi connectivity index (χ4v) is 1.19. The van der Waals surface area contributed by atoms with E-state index in [1.54, 1.807) is 0 Å². The van der Waals surface area contributed by atoms with Gasteiger partial charge in [-0.1, -0.05) is 29.2 Å². The van der Waals surface area contributed by atoms with Gasteiger partial charge in [0.2, 0.25) is 0 Å². The van der Waals surface area contributed by atoms with Crippen LogP contribution in [0.5, 0.6) is 0 Å². The Bertz CT molecular complexity index is 341. The number of halogens is 6. The molecule has 0 saturated carbocycles. The molecule has 78 valence electrons. The maximum atomic E-state index is 12.2. The molecule has 0 amide bonds. The van der Waals surface area contributed by atoms with E-state index in [1.165, 1.54) is 0 Å². The number of rotatable bonds is 2. The zero-order valence-electron chi connectivity index (χ0n) is 7.65. The van der Waals surface area contributed by atoms with Crippen LogP contribution in [0, 0.1) is 0 Å². The normalized spacial score (nSPS) is 11.4. The van der Waals surface area contributed by atoms with Crippen molar-refractivity contribution >= 4 is 24.0 Å². The fraction of sp³-hybridized carbons (Fsp3) is 0.143. The van der Waals surface area contributed by atoms with Crippen LogP contribution in [0.15, 0.2) is 18.2 Å². The number of benzene rings is 1. The van der Waals surface area contributed by atoms with Crippen molar-refractivity contribution in [2.75, 3.05) is 0 Å². The fourth-order valence-electron chi connectivity index (χ4n) is 0.949. The van der Waals surface area contributed by atoms with Crippen molar-refractivity contribution in [2.45, 2.75) is 6.43 Å². The molecule has 0 unspecified atom stereocenters. The molecule has 0 nitrogen and oxygen atoms in total. The third-order valence-electron chi connectivity index (χ3n) is 1.62. The van der Waals surface area contributed by atoms with Gasteiger partial charge in [-0.15, -0.1) is 0 Å². The first kappa shape index (κ1) is 15.9. The third-order valence-corrected chi connectivity index (χ3v) is 1.97. The summed E-state index contributed by atoms with van der Waals surface area (Å²) in [4.78, 5) is 0. The largest absolute Gasteiger partial charge is 1.00 e. The van der Waals surface area contributed by atoms with E-state index in [0.717, 1.165) is 12.1 Å². The van der Waals surface area contributed by atoms with Gasteiger partial charge in [-0.2, -0.15) is 0 Å². The van der Waals surface area contributed by atoms with Gasteiger partial charge in [0.1, 0.15) is 0 Å². The number of hydrogen-bond acceptors (Lipinski definition) is 0. The Hall–Kier alpha value is 0.861. The molecular formula is C7H4BClF5K. The molecule has 1 rings (SSSR count). The van der Waals surface area contributed by atoms with E-state index in [1.807, 2.05) is 0 Å². The molecule has 0 atom stereocenters. The molecule has 0 aromatic heterocycles. The summed E-state index contributed by atoms with van der Waals surface area (Å²) < 4.78 is 60.8. The standard InChI is InChI=1S/C7H4BClF5.K/c9-6-2-1-4(7(10)11)3-5(6)8(12,13)14;/h1-3,7H;/q-1;+1. The van der Waals surface area contributed by atoms with Crippen LogP contribution in [0.25, 0.3) is 0 Å². The summed E-state index contributed by atoms with van der Waals surface area (Å²) >= 11 is 5.24. The second kappa shape index (κ2) is 5.97. The van der Waals surface area contributed by atoms with Crippen molar-refractivity contribution in [2.24, 2.45) is 0 Å². The zero-order chi connectivity index (χ0) is 10.9. The first-order valence-corrected chi connectivity index (χ1v) is 3.97. The van der Waals surface area contributed by atoms with Crippen molar-refractivity contribution in [3.8, 4) is 0 Å². The summed E-state index contributed by atoms with van der Waals surface area (Å²) in [7, 11) is 0. The molecule has 1 aromatic rings. The summed E-state index contributed by atoms with van der Waals surface area (Å²) in [6, 6.07) is 2.08. The van der Waals surface area contributed by atoms with E-state index in [0.29, 0.717) is 6.07 Å². The van der Waals surface area contributed by atoms with Crippen molar-refractivity contribution < 1.29 is 73.1 Å². The molecule has 15 heavy (non-hydrogen) atoms. The van der Waals surface area contributed by atoms with Crippen LogP contribution >= 0.6 is 11.6 Å². The summed E-state index contributed by atoms with van der Waals surface area (Å²) in [5, 5.41) is -0.554. The molecular weight excluding hydrogens is 264 g/mol. The smallest absolute Gasteiger partial charge is 0.445 e. The SMILES string of the molecule is FC(F)c1ccc(Cl)c([B-](F)(F)F)c1.[K+]. The summed E-state index contributed by atoms with van der Waals surface area (Å²) in [5.41, 5.74) is -1.85. The van der Waals surface area contributed by atoms with E-state index in [4.69, 9.17) is 11.6 Å². The van der Waals surface area contributed by atoms with Crippen LogP contribution in [0.3, 0.4) is 0 Å². The van der Waals surface area contributed by atoms with Gasteiger partial charge in [-0.05, 0) is 6.07 Å². The van der Waals surface area contributed by atoms with E-state index >= 15 is 0 Å². The van der Waals surface area contributed by atoms with Gasteiger partial charge >= 0.3 is 58.4 Å². The second-order valence-electron chi connectivity index (χ2n) is 2.66. The summed E-state index contributed by atoms with van der Waals surface area (Å²) in [5.74, 6) is 0. The minimum atomic E-state index is -5.34. The Balaban J connectivity index is 0.00000196. The topological polar surface area (TPSA) is 0 Å². The zero-order valence-corrected chi connectivity index (χ0v) is 11.5. The molecule has 0 N–H and O–H groups in total. The molecule has 8 heteroatoms. The summed E-state index contributed by atoms with van der Waals surface area (Å²) in [6.07, 6.45) is -2.93. The van der Waals surface area contributed by atoms with Gasteiger partial charge in [-0.3, -0.25) is 0 Å². The molecule has 0 heterocycles. The van der Waals surface area contributed by atoms with Gasteiger partial charge in [0.15, 0.2) is 0 Å². The quantitative estimate of drug-likeness (QED) is 0.536. The molecule has 1 aromatic carbocycles. The maximum Gasteiger partial charge on any atom is 1.00 e. The minimum absolute atomic E-state index is 0. The van der Waals surface area contributed by atoms with Crippen LogP contribution in [0.4, 0.5) is 21.7 Å². The van der Waals surface area contributed by atoms with Crippen molar-refractivity contribution in [1.29, 1.82) is 0 Å². The maximum absolute atomic E-state index is 12.2. The molecule has 0 aliphatic rings. The Kier molecular flexibility index (Phi) is 6.32. The average molecular weight is 268 g/mol. The van der Waals surface area contributed by atoms with Crippen LogP contribution in [-0.4, -0.2) is 6.98 Å². The Labute approximate surface area is 131 Å². The molecule has 0 bridgehead atoms. The Morgan fingerprint density at radius 3 is 2.07 bits per heavy atom. The first-order valence-electron chi connectivity index (χ1n) is 3.60. The van der Waals surface area contributed by atoms with Gasteiger partial charge < -0.3 is 12.9 Å². The third kappa shape index (κ3) is 4.32. The monoisotopic (exact) mass is 268 g/mol. The van der Waals surface area contributed by atoms with Crippen LogP contribution in [0.1, 0.15) is 12.0 Å². The molecule has 0 spiro atoms. The number of alkyl halides is 2. The molecule has 0 aliphatic heterocycles. The minimum Gasteiger partial charge on any atom is -0.445 e. The van der Waals surface area contributed by atoms with E-state index in [-0.39, 0.29) is 51.4 Å². The molecule has 0 fully saturated rings. The van der Waals surface area contributed by atoms with Crippen LogP contribution in [-0.2, 0) is 0 Å². The van der Waals surface area contributed by atoms with E-state index in [2.05, 4.69) is 0 Å². The average Bonchev–Trinajstić information content (AvgIpc) is 2.02. The Morgan fingerprint density at radius 1 is 1.13 bits per heavy atom. The van der Waals surface area contributed by atoms with Crippen molar-refractivity contribution in [1.82, 2.24) is 0 Å². The van der Waals surface area contributed by atoms with Gasteiger partial charge in [0.05, 0.1) is 0 Å². The van der Waals surface area contributed by atoms with Gasteiger partial charge in [-0.25, -0.2) is 8.78 Å². The van der Waals surface area contributed by atoms with Gasteiger partial charge in [0.25, 0.3) is 6.43 Å². The van der Waals surface area contributed by atoms with Crippen LogP contribution in [0.2, 0.25) is 5.02 Å². The molecule has 0 saturated heterocycles. The number of hydrogen-bond donors (Lipinski definition) is 0. The first-order chi connectivity index (χ1) is 6.32. The predicted octanol–water partition coefficient (Wildman–Crippen LogP) is 0.336. The van der Waals surface area contributed by atoms with E-state index < -0.39 is 29.5 Å². The Morgan fingerprint density at radius 2 is 1.67 bits per heavy atom. The van der Waals surface area contributed by atoms with Crippen molar-refractivity contribution in [3.05, 3.63) is 28.8 Å². The van der Waals surface area contributed by atoms with Crippen molar-refractivity contribution in [3.63, 3.8) is 0 Å². The van der Waals surface area contributed by atoms with Crippen LogP contribution < -0.4 is 56.8 Å². The van der Waals surface area contributed by atoms with E-state index in [9.17, 15) is 21.7 Å². The summed E-state index contributed by atoms with van der Waals surface area (Å²) in [6.45, 7) is -5.34. The molecule has 0 radical (unpaired) electrons. The predicted molar refractivity (Wildman–Crippen MR) is 45.1 cm³/mol. The van der Waals surface area contributed by atoms with Gasteiger partial charge in [0, 0.05) is 10.6 Å².